The van der Waals surface area contributed by atoms with Crippen LogP contribution in [-0.4, -0.2) is 47.7 Å². The molecule has 44 heavy (non-hydrogen) atoms. The first kappa shape index (κ1) is 28.9. The number of nitrogens with zero attached hydrogens (tertiary/aromatic N) is 2. The molecule has 0 aliphatic carbocycles. The predicted molar refractivity (Wildman–Crippen MR) is 164 cm³/mol. The van der Waals surface area contributed by atoms with E-state index in [9.17, 15) is 14.4 Å². The van der Waals surface area contributed by atoms with Crippen LogP contribution in [0.3, 0.4) is 0 Å². The van der Waals surface area contributed by atoms with Crippen LogP contribution in [0.2, 0.25) is 0 Å². The molecule has 0 saturated carbocycles. The maximum atomic E-state index is 13.6. The molecule has 4 aromatic rings. The van der Waals surface area contributed by atoms with Crippen molar-refractivity contribution in [2.45, 2.75) is 18.4 Å². The molecule has 1 unspecified atom stereocenters. The van der Waals surface area contributed by atoms with Crippen molar-refractivity contribution < 1.29 is 33.0 Å². The molecule has 11 nitrogen and oxygen atoms in total. The zero-order valence-corrected chi connectivity index (χ0v) is 24.3. The van der Waals surface area contributed by atoms with E-state index in [1.807, 2.05) is 42.5 Å². The molecule has 3 aromatic carbocycles. The van der Waals surface area contributed by atoms with Gasteiger partial charge in [0, 0.05) is 11.8 Å². The van der Waals surface area contributed by atoms with Gasteiger partial charge >= 0.3 is 6.09 Å². The maximum Gasteiger partial charge on any atom is 0.407 e. The number of fused-ring (bicyclic) bond motifs is 1. The number of nitrogens with one attached hydrogen (secondary N) is 2. The minimum absolute atomic E-state index is 0.107. The van der Waals surface area contributed by atoms with Crippen molar-refractivity contribution in [3.05, 3.63) is 108 Å². The number of ether oxygens (including phenoxy) is 3. The van der Waals surface area contributed by atoms with Crippen LogP contribution in [-0.2, 0) is 27.5 Å². The van der Waals surface area contributed by atoms with Crippen LogP contribution in [0.15, 0.2) is 101 Å². The van der Waals surface area contributed by atoms with E-state index in [1.165, 1.54) is 11.8 Å². The van der Waals surface area contributed by atoms with Crippen LogP contribution in [0.5, 0.6) is 11.5 Å². The van der Waals surface area contributed by atoms with Gasteiger partial charge in [-0.1, -0.05) is 54.2 Å². The fraction of sp³-hybridized carbons (Fsp3) is 0.188. The van der Waals surface area contributed by atoms with Gasteiger partial charge in [0.1, 0.15) is 37.4 Å². The van der Waals surface area contributed by atoms with Crippen molar-refractivity contribution in [2.75, 3.05) is 25.1 Å². The third-order valence-corrected chi connectivity index (χ3v) is 7.92. The summed E-state index contributed by atoms with van der Waals surface area (Å²) in [5, 5.41) is 5.15. The van der Waals surface area contributed by atoms with Gasteiger partial charge < -0.3 is 29.3 Å². The second-order valence-corrected chi connectivity index (χ2v) is 10.9. The number of benzene rings is 3. The van der Waals surface area contributed by atoms with Gasteiger partial charge in [-0.2, -0.15) is 0 Å². The molecule has 3 amide bonds. The number of aliphatic imine (C=N–C) groups is 1. The van der Waals surface area contributed by atoms with E-state index in [0.29, 0.717) is 47.0 Å². The Kier molecular flexibility index (Phi) is 8.78. The molecule has 6 rings (SSSR count). The average molecular weight is 613 g/mol. The lowest BCUT2D eigenvalue weighted by Gasteiger charge is -2.18. The molecule has 2 N–H and O–H groups in total. The Bertz CT molecular complexity index is 1660. The topological polar surface area (TPSA) is 132 Å². The van der Waals surface area contributed by atoms with E-state index in [0.717, 1.165) is 11.1 Å². The highest BCUT2D eigenvalue weighted by atomic mass is 32.2. The Morgan fingerprint density at radius 3 is 2.52 bits per heavy atom. The van der Waals surface area contributed by atoms with E-state index in [-0.39, 0.29) is 25.6 Å². The highest BCUT2D eigenvalue weighted by Crippen LogP contribution is 2.42. The normalized spacial score (nSPS) is 16.5. The number of anilines is 1. The van der Waals surface area contributed by atoms with Crippen LogP contribution in [0.25, 0.3) is 0 Å². The summed E-state index contributed by atoms with van der Waals surface area (Å²) in [6.45, 7) is 1.03. The van der Waals surface area contributed by atoms with Gasteiger partial charge in [0.2, 0.25) is 11.8 Å². The Labute approximate surface area is 257 Å². The van der Waals surface area contributed by atoms with E-state index >= 15 is 0 Å². The summed E-state index contributed by atoms with van der Waals surface area (Å²) in [5.41, 5.74) is 2.74. The van der Waals surface area contributed by atoms with Gasteiger partial charge in [0.15, 0.2) is 16.7 Å². The standard InChI is InChI=1S/C32H28N4O7S/c37-28(18-33-32(39)43-20-21-5-2-1-3-6-21)34-23-10-8-22(9-11-23)29-30(38)36(19-25-7-4-14-40-25)31(44-29)35-24-12-13-26-27(17-24)42-16-15-41-26/h1-14,17,29H,15-16,18-20H2,(H,33,39)(H,34,37). The Morgan fingerprint density at radius 1 is 0.955 bits per heavy atom. The number of thioether (sulfide) groups is 1. The molecular weight excluding hydrogens is 584 g/mol. The van der Waals surface area contributed by atoms with E-state index in [2.05, 4.69) is 10.6 Å². The molecule has 3 heterocycles. The van der Waals surface area contributed by atoms with Gasteiger partial charge in [-0.3, -0.25) is 14.5 Å². The number of hydrogen-bond acceptors (Lipinski definition) is 9. The summed E-state index contributed by atoms with van der Waals surface area (Å²) in [6, 6.07) is 25.2. The molecule has 0 bridgehead atoms. The van der Waals surface area contributed by atoms with Crippen LogP contribution in [0.4, 0.5) is 16.2 Å². The summed E-state index contributed by atoms with van der Waals surface area (Å²) >= 11 is 1.33. The number of furan rings is 1. The van der Waals surface area contributed by atoms with Crippen molar-refractivity contribution in [1.82, 2.24) is 10.2 Å². The number of carbonyl (C=O) groups excluding carboxylic acids is 3. The van der Waals surface area contributed by atoms with E-state index in [4.69, 9.17) is 23.6 Å². The molecule has 0 spiro atoms. The Balaban J connectivity index is 1.09. The second kappa shape index (κ2) is 13.4. The molecule has 1 saturated heterocycles. The molecule has 2 aliphatic rings. The number of amides is 3. The molecular formula is C32H28N4O7S. The molecule has 224 valence electrons. The first-order valence-corrected chi connectivity index (χ1v) is 14.7. The van der Waals surface area contributed by atoms with Gasteiger partial charge in [0.25, 0.3) is 0 Å². The lowest BCUT2D eigenvalue weighted by atomic mass is 10.1. The van der Waals surface area contributed by atoms with Crippen molar-refractivity contribution in [1.29, 1.82) is 0 Å². The number of alkyl carbamates (subject to hydrolysis) is 1. The zero-order chi connectivity index (χ0) is 30.3. The lowest BCUT2D eigenvalue weighted by molar-refractivity contribution is -0.126. The highest BCUT2D eigenvalue weighted by molar-refractivity contribution is 8.15. The number of hydrogen-bond donors (Lipinski definition) is 2. The third-order valence-electron chi connectivity index (χ3n) is 6.69. The predicted octanol–water partition coefficient (Wildman–Crippen LogP) is 5.42. The molecule has 1 fully saturated rings. The molecule has 1 atom stereocenters. The quantitative estimate of drug-likeness (QED) is 0.256. The number of amidine groups is 1. The third kappa shape index (κ3) is 7.04. The SMILES string of the molecule is O=C(CNC(=O)OCc1ccccc1)Nc1ccc(C2SC(=Nc3ccc4c(c3)OCCO4)N(Cc3ccco3)C2=O)cc1. The zero-order valence-electron chi connectivity index (χ0n) is 23.4. The van der Waals surface area contributed by atoms with Crippen LogP contribution in [0, 0.1) is 0 Å². The monoisotopic (exact) mass is 612 g/mol. The van der Waals surface area contributed by atoms with Gasteiger partial charge in [-0.05, 0) is 47.5 Å². The fourth-order valence-corrected chi connectivity index (χ4v) is 5.71. The van der Waals surface area contributed by atoms with Crippen molar-refractivity contribution in [2.24, 2.45) is 4.99 Å². The summed E-state index contributed by atoms with van der Waals surface area (Å²) < 4.78 is 21.9. The van der Waals surface area contributed by atoms with Crippen molar-refractivity contribution in [3.63, 3.8) is 0 Å². The summed E-state index contributed by atoms with van der Waals surface area (Å²) in [6.07, 6.45) is 0.873. The molecule has 1 aromatic heterocycles. The second-order valence-electron chi connectivity index (χ2n) is 9.81. The number of rotatable bonds is 9. The molecule has 2 aliphatic heterocycles. The minimum atomic E-state index is -0.691. The summed E-state index contributed by atoms with van der Waals surface area (Å²) in [4.78, 5) is 44.4. The Hall–Kier alpha value is -5.23. The number of carbonyl (C=O) groups is 3. The average Bonchev–Trinajstić information content (AvgIpc) is 3.68. The first-order valence-electron chi connectivity index (χ1n) is 13.8. The minimum Gasteiger partial charge on any atom is -0.486 e. The van der Waals surface area contributed by atoms with Crippen LogP contribution < -0.4 is 20.1 Å². The largest absolute Gasteiger partial charge is 0.486 e. The van der Waals surface area contributed by atoms with E-state index in [1.54, 1.807) is 53.6 Å². The Morgan fingerprint density at radius 2 is 1.75 bits per heavy atom. The van der Waals surface area contributed by atoms with Gasteiger partial charge in [0.05, 0.1) is 18.5 Å². The van der Waals surface area contributed by atoms with Crippen molar-refractivity contribution >= 4 is 46.2 Å². The van der Waals surface area contributed by atoms with E-state index < -0.39 is 17.3 Å². The van der Waals surface area contributed by atoms with Crippen molar-refractivity contribution in [3.8, 4) is 11.5 Å². The first-order chi connectivity index (χ1) is 21.5. The fourth-order valence-electron chi connectivity index (χ4n) is 4.54. The highest BCUT2D eigenvalue weighted by Gasteiger charge is 2.39. The summed E-state index contributed by atoms with van der Waals surface area (Å²) in [5.74, 6) is 1.34. The molecule has 12 heteroatoms. The lowest BCUT2D eigenvalue weighted by Crippen LogP contribution is -2.33. The maximum absolute atomic E-state index is 13.6. The summed E-state index contributed by atoms with van der Waals surface area (Å²) in [7, 11) is 0. The van der Waals surface area contributed by atoms with Crippen LogP contribution >= 0.6 is 11.8 Å². The molecule has 0 radical (unpaired) electrons. The smallest absolute Gasteiger partial charge is 0.407 e. The van der Waals surface area contributed by atoms with Crippen LogP contribution in [0.1, 0.15) is 22.1 Å². The van der Waals surface area contributed by atoms with Gasteiger partial charge in [-0.25, -0.2) is 9.79 Å². The van der Waals surface area contributed by atoms with Gasteiger partial charge in [-0.15, -0.1) is 0 Å².